The average molecular weight is 385 g/mol. The van der Waals surface area contributed by atoms with E-state index in [4.69, 9.17) is 9.26 Å². The maximum Gasteiger partial charge on any atom is 0.262 e. The number of halogens is 2. The molecule has 1 aromatic heterocycles. The van der Waals surface area contributed by atoms with Gasteiger partial charge < -0.3 is 14.2 Å². The quantitative estimate of drug-likeness (QED) is 0.683. The van der Waals surface area contributed by atoms with Crippen LogP contribution in [-0.2, 0) is 13.0 Å². The minimum absolute atomic E-state index is 0.000143. The SMILES string of the molecule is Cc1nc(COc2ccccc2C(=O)N2CCCc3c(F)ccc(F)c32)no1. The predicted molar refractivity (Wildman–Crippen MR) is 96.2 cm³/mol. The first kappa shape index (κ1) is 18.1. The topological polar surface area (TPSA) is 68.5 Å². The van der Waals surface area contributed by atoms with Gasteiger partial charge in [0, 0.05) is 19.0 Å². The number of anilines is 1. The zero-order valence-electron chi connectivity index (χ0n) is 15.1. The molecule has 0 bridgehead atoms. The summed E-state index contributed by atoms with van der Waals surface area (Å²) < 4.78 is 39.1. The lowest BCUT2D eigenvalue weighted by atomic mass is 9.99. The molecule has 1 aliphatic rings. The van der Waals surface area contributed by atoms with E-state index in [2.05, 4.69) is 10.1 Å². The number of para-hydroxylation sites is 1. The molecule has 0 radical (unpaired) electrons. The Morgan fingerprint density at radius 2 is 2.00 bits per heavy atom. The molecule has 6 nitrogen and oxygen atoms in total. The number of carbonyl (C=O) groups is 1. The van der Waals surface area contributed by atoms with Gasteiger partial charge in [-0.3, -0.25) is 4.79 Å². The molecule has 144 valence electrons. The van der Waals surface area contributed by atoms with E-state index < -0.39 is 17.5 Å². The van der Waals surface area contributed by atoms with Crippen LogP contribution in [0.25, 0.3) is 0 Å². The van der Waals surface area contributed by atoms with Crippen LogP contribution in [0.1, 0.15) is 34.1 Å². The molecule has 0 saturated heterocycles. The van der Waals surface area contributed by atoms with Crippen LogP contribution in [0.4, 0.5) is 14.5 Å². The molecule has 0 aliphatic carbocycles. The first-order valence-electron chi connectivity index (χ1n) is 8.84. The van der Waals surface area contributed by atoms with E-state index in [-0.39, 0.29) is 23.4 Å². The lowest BCUT2D eigenvalue weighted by Crippen LogP contribution is -2.37. The Morgan fingerprint density at radius 1 is 1.21 bits per heavy atom. The zero-order chi connectivity index (χ0) is 19.7. The van der Waals surface area contributed by atoms with Crippen molar-refractivity contribution in [1.29, 1.82) is 0 Å². The molecule has 28 heavy (non-hydrogen) atoms. The summed E-state index contributed by atoms with van der Waals surface area (Å²) in [5.41, 5.74) is 0.472. The van der Waals surface area contributed by atoms with Gasteiger partial charge in [-0.15, -0.1) is 0 Å². The molecule has 4 rings (SSSR count). The van der Waals surface area contributed by atoms with Gasteiger partial charge in [-0.2, -0.15) is 4.98 Å². The minimum atomic E-state index is -0.620. The molecule has 0 N–H and O–H groups in total. The van der Waals surface area contributed by atoms with Crippen LogP contribution >= 0.6 is 0 Å². The number of amides is 1. The van der Waals surface area contributed by atoms with E-state index >= 15 is 0 Å². The predicted octanol–water partition coefficient (Wildman–Crippen LogP) is 3.83. The van der Waals surface area contributed by atoms with Crippen LogP contribution in [0.15, 0.2) is 40.9 Å². The van der Waals surface area contributed by atoms with Crippen molar-refractivity contribution in [3.63, 3.8) is 0 Å². The summed E-state index contributed by atoms with van der Waals surface area (Å²) >= 11 is 0. The number of aromatic nitrogens is 2. The number of rotatable bonds is 4. The van der Waals surface area contributed by atoms with Crippen molar-refractivity contribution >= 4 is 11.6 Å². The molecule has 3 aromatic rings. The van der Waals surface area contributed by atoms with Gasteiger partial charge in [0.25, 0.3) is 5.91 Å². The normalized spacial score (nSPS) is 13.3. The van der Waals surface area contributed by atoms with Crippen molar-refractivity contribution in [3.05, 3.63) is 70.9 Å². The van der Waals surface area contributed by atoms with Gasteiger partial charge in [0.1, 0.15) is 17.4 Å². The highest BCUT2D eigenvalue weighted by Gasteiger charge is 2.30. The van der Waals surface area contributed by atoms with Crippen LogP contribution in [0, 0.1) is 18.6 Å². The zero-order valence-corrected chi connectivity index (χ0v) is 15.1. The Morgan fingerprint density at radius 3 is 2.79 bits per heavy atom. The number of hydrogen-bond donors (Lipinski definition) is 0. The van der Waals surface area contributed by atoms with Crippen molar-refractivity contribution < 1.29 is 22.8 Å². The summed E-state index contributed by atoms with van der Waals surface area (Å²) in [6.07, 6.45) is 0.933. The second kappa shape index (κ2) is 7.38. The van der Waals surface area contributed by atoms with Crippen molar-refractivity contribution in [3.8, 4) is 5.75 Å². The second-order valence-corrected chi connectivity index (χ2v) is 6.43. The lowest BCUT2D eigenvalue weighted by Gasteiger charge is -2.30. The molecule has 8 heteroatoms. The molecule has 0 spiro atoms. The maximum absolute atomic E-state index is 14.4. The molecule has 1 amide bonds. The van der Waals surface area contributed by atoms with Crippen molar-refractivity contribution in [2.75, 3.05) is 11.4 Å². The van der Waals surface area contributed by atoms with Crippen LogP contribution in [0.3, 0.4) is 0 Å². The van der Waals surface area contributed by atoms with E-state index in [1.807, 2.05) is 0 Å². The summed E-state index contributed by atoms with van der Waals surface area (Å²) in [5, 5.41) is 3.75. The van der Waals surface area contributed by atoms with E-state index in [0.717, 1.165) is 12.1 Å². The van der Waals surface area contributed by atoms with Gasteiger partial charge in [0.05, 0.1) is 11.3 Å². The lowest BCUT2D eigenvalue weighted by molar-refractivity contribution is 0.0979. The number of nitrogens with zero attached hydrogens (tertiary/aromatic N) is 3. The van der Waals surface area contributed by atoms with Crippen molar-refractivity contribution in [1.82, 2.24) is 10.1 Å². The van der Waals surface area contributed by atoms with E-state index in [9.17, 15) is 13.6 Å². The Kier molecular flexibility index (Phi) is 4.77. The molecule has 2 aromatic carbocycles. The Hall–Kier alpha value is -3.29. The first-order chi connectivity index (χ1) is 13.5. The third-order valence-corrected chi connectivity index (χ3v) is 4.54. The number of carbonyl (C=O) groups excluding carboxylic acids is 1. The summed E-state index contributed by atoms with van der Waals surface area (Å²) in [5.74, 6) is -0.526. The summed E-state index contributed by atoms with van der Waals surface area (Å²) in [6, 6.07) is 8.76. The fraction of sp³-hybridized carbons (Fsp3) is 0.250. The molecule has 0 fully saturated rings. The Labute approximate surface area is 159 Å². The van der Waals surface area contributed by atoms with E-state index in [1.165, 1.54) is 4.90 Å². The highest BCUT2D eigenvalue weighted by Crippen LogP contribution is 2.34. The van der Waals surface area contributed by atoms with Crippen LogP contribution in [-0.4, -0.2) is 22.6 Å². The molecule has 1 aliphatic heterocycles. The monoisotopic (exact) mass is 385 g/mol. The van der Waals surface area contributed by atoms with Gasteiger partial charge in [-0.1, -0.05) is 17.3 Å². The van der Waals surface area contributed by atoms with E-state index in [1.54, 1.807) is 31.2 Å². The second-order valence-electron chi connectivity index (χ2n) is 6.43. The van der Waals surface area contributed by atoms with Crippen molar-refractivity contribution in [2.45, 2.75) is 26.4 Å². The number of hydrogen-bond acceptors (Lipinski definition) is 5. The maximum atomic E-state index is 14.4. The largest absolute Gasteiger partial charge is 0.485 e. The molecule has 0 unspecified atom stereocenters. The fourth-order valence-corrected chi connectivity index (χ4v) is 3.30. The number of aryl methyl sites for hydroxylation is 1. The fourth-order valence-electron chi connectivity index (χ4n) is 3.30. The molecule has 2 heterocycles. The average Bonchev–Trinajstić information content (AvgIpc) is 3.14. The van der Waals surface area contributed by atoms with Gasteiger partial charge in [0.2, 0.25) is 11.7 Å². The third kappa shape index (κ3) is 3.33. The molecule has 0 saturated carbocycles. The summed E-state index contributed by atoms with van der Waals surface area (Å²) in [4.78, 5) is 18.5. The minimum Gasteiger partial charge on any atom is -0.485 e. The molecule has 0 atom stereocenters. The highest BCUT2D eigenvalue weighted by molar-refractivity contribution is 6.08. The first-order valence-corrected chi connectivity index (χ1v) is 8.84. The smallest absolute Gasteiger partial charge is 0.262 e. The number of ether oxygens (including phenoxy) is 1. The van der Waals surface area contributed by atoms with Crippen LogP contribution < -0.4 is 9.64 Å². The van der Waals surface area contributed by atoms with Gasteiger partial charge >= 0.3 is 0 Å². The van der Waals surface area contributed by atoms with Crippen LogP contribution in [0.2, 0.25) is 0 Å². The summed E-state index contributed by atoms with van der Waals surface area (Å²) in [6.45, 7) is 1.97. The molecular formula is C20H17F2N3O3. The Bertz CT molecular complexity index is 1040. The van der Waals surface area contributed by atoms with Gasteiger partial charge in [-0.05, 0) is 37.1 Å². The standard InChI is InChI=1S/C20H17F2N3O3/c1-12-23-18(24-28-12)11-27-17-7-3-2-5-14(17)20(26)25-10-4-6-13-15(21)8-9-16(22)19(13)25/h2-3,5,7-9H,4,6,10-11H2,1H3. The van der Waals surface area contributed by atoms with Gasteiger partial charge in [0.15, 0.2) is 6.61 Å². The number of benzene rings is 2. The Balaban J connectivity index is 1.64. The van der Waals surface area contributed by atoms with Crippen molar-refractivity contribution in [2.24, 2.45) is 0 Å². The summed E-state index contributed by atoms with van der Waals surface area (Å²) in [7, 11) is 0. The van der Waals surface area contributed by atoms with Crippen LogP contribution in [0.5, 0.6) is 5.75 Å². The third-order valence-electron chi connectivity index (χ3n) is 4.54. The highest BCUT2D eigenvalue weighted by atomic mass is 19.1. The van der Waals surface area contributed by atoms with E-state index in [0.29, 0.717) is 36.9 Å². The molecular weight excluding hydrogens is 368 g/mol. The van der Waals surface area contributed by atoms with Gasteiger partial charge in [-0.25, -0.2) is 8.78 Å². The number of fused-ring (bicyclic) bond motifs is 1.